The number of aromatic nitrogens is 1. The van der Waals surface area contributed by atoms with Crippen molar-refractivity contribution in [2.24, 2.45) is 0 Å². The fourth-order valence-corrected chi connectivity index (χ4v) is 3.95. The summed E-state index contributed by atoms with van der Waals surface area (Å²) in [6.07, 6.45) is 3.70. The molecule has 24 heavy (non-hydrogen) atoms. The Morgan fingerprint density at radius 1 is 1.42 bits per heavy atom. The topological polar surface area (TPSA) is 65.5 Å². The zero-order valence-corrected chi connectivity index (χ0v) is 14.7. The minimum absolute atomic E-state index is 0.0414. The van der Waals surface area contributed by atoms with Crippen molar-refractivity contribution in [1.29, 1.82) is 0 Å². The summed E-state index contributed by atoms with van der Waals surface area (Å²) < 4.78 is 0. The van der Waals surface area contributed by atoms with E-state index in [-0.39, 0.29) is 12.5 Å². The second-order valence-corrected chi connectivity index (χ2v) is 7.78. The van der Waals surface area contributed by atoms with Gasteiger partial charge in [0.15, 0.2) is 0 Å². The molecule has 2 N–H and O–H groups in total. The molecule has 2 aromatic rings. The maximum absolute atomic E-state index is 12.1. The van der Waals surface area contributed by atoms with Gasteiger partial charge in [-0.2, -0.15) is 0 Å². The monoisotopic (exact) mass is 345 g/mol. The Hall–Kier alpha value is -1.92. The minimum atomic E-state index is -0.906. The molecule has 0 aliphatic carbocycles. The van der Waals surface area contributed by atoms with Crippen LogP contribution in [0.1, 0.15) is 22.6 Å². The van der Waals surface area contributed by atoms with Gasteiger partial charge >= 0.3 is 0 Å². The Morgan fingerprint density at radius 3 is 3.00 bits per heavy atom. The lowest BCUT2D eigenvalue weighted by atomic mass is 9.92. The molecule has 1 saturated heterocycles. The molecule has 3 rings (SSSR count). The molecule has 128 valence electrons. The number of aliphatic hydroxyl groups is 1. The number of amides is 1. The molecule has 0 saturated carbocycles. The van der Waals surface area contributed by atoms with Crippen LogP contribution in [0.4, 0.5) is 5.82 Å². The van der Waals surface area contributed by atoms with Crippen LogP contribution < -0.4 is 10.2 Å². The second kappa shape index (κ2) is 7.32. The van der Waals surface area contributed by atoms with Gasteiger partial charge in [-0.05, 0) is 44.0 Å². The van der Waals surface area contributed by atoms with Crippen LogP contribution in [-0.2, 0) is 11.2 Å². The molecule has 0 radical (unpaired) electrons. The van der Waals surface area contributed by atoms with Crippen molar-refractivity contribution >= 4 is 23.1 Å². The van der Waals surface area contributed by atoms with E-state index in [4.69, 9.17) is 0 Å². The third kappa shape index (κ3) is 4.33. The Balaban J connectivity index is 1.54. The zero-order valence-electron chi connectivity index (χ0n) is 13.9. The maximum atomic E-state index is 12.1. The Bertz CT molecular complexity index is 689. The quantitative estimate of drug-likeness (QED) is 0.871. The van der Waals surface area contributed by atoms with Crippen molar-refractivity contribution in [3.05, 3.63) is 46.3 Å². The first-order valence-electron chi connectivity index (χ1n) is 8.24. The Labute approximate surface area is 146 Å². The standard InChI is InChI=1S/C18H23N3O2S/c1-14-6-7-15(24-14)11-17(22)20-12-18(23)8-4-10-21(13-18)16-5-2-3-9-19-16/h2-3,5-7,9,23H,4,8,10-13H2,1H3,(H,20,22)/t18-/m0/s1. The number of carbonyl (C=O) groups is 1. The number of aryl methyl sites for hydroxylation is 1. The lowest BCUT2D eigenvalue weighted by Gasteiger charge is -2.39. The number of rotatable bonds is 5. The summed E-state index contributed by atoms with van der Waals surface area (Å²) in [5.74, 6) is 0.830. The van der Waals surface area contributed by atoms with Gasteiger partial charge in [0.25, 0.3) is 0 Å². The van der Waals surface area contributed by atoms with Crippen LogP contribution in [0.2, 0.25) is 0 Å². The number of thiophene rings is 1. The summed E-state index contributed by atoms with van der Waals surface area (Å²) in [6.45, 7) is 3.67. The van der Waals surface area contributed by atoms with Crippen LogP contribution in [0.25, 0.3) is 0 Å². The smallest absolute Gasteiger partial charge is 0.225 e. The van der Waals surface area contributed by atoms with Crippen molar-refractivity contribution in [3.63, 3.8) is 0 Å². The number of nitrogens with one attached hydrogen (secondary N) is 1. The predicted molar refractivity (Wildman–Crippen MR) is 96.4 cm³/mol. The van der Waals surface area contributed by atoms with Gasteiger partial charge in [0.05, 0.1) is 12.0 Å². The predicted octanol–water partition coefficient (Wildman–Crippen LogP) is 2.14. The molecule has 1 aliphatic heterocycles. The fraction of sp³-hybridized carbons (Fsp3) is 0.444. The first-order chi connectivity index (χ1) is 11.5. The summed E-state index contributed by atoms with van der Waals surface area (Å²) in [5, 5.41) is 13.7. The number of nitrogens with zero attached hydrogens (tertiary/aromatic N) is 2. The van der Waals surface area contributed by atoms with Crippen LogP contribution in [0.3, 0.4) is 0 Å². The highest BCUT2D eigenvalue weighted by molar-refractivity contribution is 7.12. The molecular formula is C18H23N3O2S. The molecule has 0 spiro atoms. The van der Waals surface area contributed by atoms with Gasteiger partial charge in [-0.15, -0.1) is 11.3 Å². The summed E-state index contributed by atoms with van der Waals surface area (Å²) >= 11 is 1.63. The van der Waals surface area contributed by atoms with E-state index >= 15 is 0 Å². The van der Waals surface area contributed by atoms with E-state index in [9.17, 15) is 9.90 Å². The molecule has 6 heteroatoms. The summed E-state index contributed by atoms with van der Waals surface area (Å²) in [4.78, 5) is 20.8. The molecule has 0 bridgehead atoms. The van der Waals surface area contributed by atoms with Crippen LogP contribution >= 0.6 is 11.3 Å². The van der Waals surface area contributed by atoms with Gasteiger partial charge in [0.2, 0.25) is 5.91 Å². The second-order valence-electron chi connectivity index (χ2n) is 6.40. The van der Waals surface area contributed by atoms with Crippen molar-refractivity contribution in [3.8, 4) is 0 Å². The number of pyridine rings is 1. The molecule has 1 fully saturated rings. The Morgan fingerprint density at radius 2 is 2.29 bits per heavy atom. The van der Waals surface area contributed by atoms with Crippen molar-refractivity contribution < 1.29 is 9.90 Å². The van der Waals surface area contributed by atoms with E-state index in [1.165, 1.54) is 4.88 Å². The van der Waals surface area contributed by atoms with Crippen molar-refractivity contribution in [2.75, 3.05) is 24.5 Å². The average Bonchev–Trinajstić information content (AvgIpc) is 2.99. The van der Waals surface area contributed by atoms with Crippen LogP contribution in [-0.4, -0.2) is 41.2 Å². The molecule has 1 amide bonds. The number of piperidine rings is 1. The minimum Gasteiger partial charge on any atom is -0.386 e. The lowest BCUT2D eigenvalue weighted by molar-refractivity contribution is -0.121. The van der Waals surface area contributed by atoms with E-state index in [1.54, 1.807) is 17.5 Å². The summed E-state index contributed by atoms with van der Waals surface area (Å²) in [7, 11) is 0. The fourth-order valence-electron chi connectivity index (χ4n) is 3.06. The molecular weight excluding hydrogens is 322 g/mol. The van der Waals surface area contributed by atoms with Crippen LogP contribution in [0.5, 0.6) is 0 Å². The zero-order chi connectivity index (χ0) is 17.0. The first kappa shape index (κ1) is 16.9. The van der Waals surface area contributed by atoms with Gasteiger partial charge in [-0.25, -0.2) is 4.98 Å². The van der Waals surface area contributed by atoms with E-state index in [1.807, 2.05) is 37.3 Å². The number of anilines is 1. The van der Waals surface area contributed by atoms with Gasteiger partial charge in [0.1, 0.15) is 5.82 Å². The van der Waals surface area contributed by atoms with Gasteiger partial charge in [-0.1, -0.05) is 6.07 Å². The molecule has 5 nitrogen and oxygen atoms in total. The van der Waals surface area contributed by atoms with E-state index in [0.29, 0.717) is 19.4 Å². The normalized spacial score (nSPS) is 20.8. The average molecular weight is 345 g/mol. The summed E-state index contributed by atoms with van der Waals surface area (Å²) in [5.41, 5.74) is -0.906. The van der Waals surface area contributed by atoms with Gasteiger partial charge < -0.3 is 15.3 Å². The third-order valence-corrected chi connectivity index (χ3v) is 5.27. The van der Waals surface area contributed by atoms with Crippen LogP contribution in [0.15, 0.2) is 36.5 Å². The highest BCUT2D eigenvalue weighted by Crippen LogP contribution is 2.24. The maximum Gasteiger partial charge on any atom is 0.225 e. The molecule has 3 heterocycles. The van der Waals surface area contributed by atoms with E-state index in [2.05, 4.69) is 15.2 Å². The number of carbonyl (C=O) groups excluding carboxylic acids is 1. The molecule has 0 aromatic carbocycles. The van der Waals surface area contributed by atoms with E-state index < -0.39 is 5.60 Å². The van der Waals surface area contributed by atoms with Gasteiger partial charge in [-0.3, -0.25) is 4.79 Å². The van der Waals surface area contributed by atoms with Crippen molar-refractivity contribution in [1.82, 2.24) is 10.3 Å². The van der Waals surface area contributed by atoms with E-state index in [0.717, 1.165) is 23.7 Å². The lowest BCUT2D eigenvalue weighted by Crippen LogP contribution is -2.54. The SMILES string of the molecule is Cc1ccc(CC(=O)NC[C@@]2(O)CCCN(c3ccccn3)C2)s1. The first-order valence-corrected chi connectivity index (χ1v) is 9.06. The molecule has 1 aliphatic rings. The highest BCUT2D eigenvalue weighted by atomic mass is 32.1. The van der Waals surface area contributed by atoms with Crippen molar-refractivity contribution in [2.45, 2.75) is 31.8 Å². The number of hydrogen-bond donors (Lipinski definition) is 2. The number of hydrogen-bond acceptors (Lipinski definition) is 5. The number of β-amino-alcohol motifs (C(OH)–C–C–N with tert-alkyl or cyclic N) is 1. The van der Waals surface area contributed by atoms with Gasteiger partial charge in [0, 0.05) is 35.6 Å². The molecule has 0 unspecified atom stereocenters. The Kier molecular flexibility index (Phi) is 5.16. The highest BCUT2D eigenvalue weighted by Gasteiger charge is 2.34. The molecule has 2 aromatic heterocycles. The third-order valence-electron chi connectivity index (χ3n) is 4.27. The summed E-state index contributed by atoms with van der Waals surface area (Å²) in [6, 6.07) is 9.78. The van der Waals surface area contributed by atoms with Crippen LogP contribution in [0, 0.1) is 6.92 Å². The molecule has 1 atom stereocenters. The largest absolute Gasteiger partial charge is 0.386 e.